The van der Waals surface area contributed by atoms with E-state index in [9.17, 15) is 14.7 Å². The minimum atomic E-state index is -0.951. The summed E-state index contributed by atoms with van der Waals surface area (Å²) in [6.45, 7) is 6.96. The first kappa shape index (κ1) is 16.8. The first-order valence-electron chi connectivity index (χ1n) is 6.63. The molecule has 1 atom stereocenters. The molecule has 1 rings (SSSR count). The highest BCUT2D eigenvalue weighted by Crippen LogP contribution is 2.30. The van der Waals surface area contributed by atoms with Crippen LogP contribution in [0, 0.1) is 0 Å². The van der Waals surface area contributed by atoms with Gasteiger partial charge >= 0.3 is 12.1 Å². The molecule has 0 fully saturated rings. The van der Waals surface area contributed by atoms with E-state index in [2.05, 4.69) is 5.32 Å². The summed E-state index contributed by atoms with van der Waals surface area (Å²) in [6.07, 6.45) is -0.714. The van der Waals surface area contributed by atoms with Gasteiger partial charge in [-0.3, -0.25) is 10.1 Å². The van der Waals surface area contributed by atoms with Crippen molar-refractivity contribution in [3.63, 3.8) is 0 Å². The summed E-state index contributed by atoms with van der Waals surface area (Å²) in [5.41, 5.74) is 0.292. The van der Waals surface area contributed by atoms with Gasteiger partial charge in [0.15, 0.2) is 0 Å². The zero-order valence-corrected chi connectivity index (χ0v) is 12.6. The molecule has 21 heavy (non-hydrogen) atoms. The van der Waals surface area contributed by atoms with Crippen LogP contribution in [-0.2, 0) is 9.53 Å². The van der Waals surface area contributed by atoms with E-state index < -0.39 is 17.7 Å². The standard InChI is InChI=1S/C15H21NO5/c1-9(7-13(18)19)11-8-10(5-6-12(11)17)16-14(20)21-15(2,3)4/h5-6,8-9,17H,7H2,1-4H3,(H,16,20)(H,18,19). The Morgan fingerprint density at radius 3 is 2.48 bits per heavy atom. The molecule has 0 aliphatic rings. The van der Waals surface area contributed by atoms with Gasteiger partial charge in [0.25, 0.3) is 0 Å². The fourth-order valence-electron chi connectivity index (χ4n) is 1.82. The van der Waals surface area contributed by atoms with Crippen molar-refractivity contribution in [1.82, 2.24) is 0 Å². The Hall–Kier alpha value is -2.24. The van der Waals surface area contributed by atoms with Crippen LogP contribution in [0.1, 0.15) is 45.6 Å². The summed E-state index contributed by atoms with van der Waals surface area (Å²) < 4.78 is 5.13. The van der Waals surface area contributed by atoms with Gasteiger partial charge in [0, 0.05) is 5.69 Å². The third-order valence-corrected chi connectivity index (χ3v) is 2.68. The van der Waals surface area contributed by atoms with Gasteiger partial charge in [-0.2, -0.15) is 0 Å². The lowest BCUT2D eigenvalue weighted by molar-refractivity contribution is -0.137. The van der Waals surface area contributed by atoms with Gasteiger partial charge in [-0.25, -0.2) is 4.79 Å². The number of anilines is 1. The van der Waals surface area contributed by atoms with Crippen molar-refractivity contribution in [3.8, 4) is 5.75 Å². The summed E-state index contributed by atoms with van der Waals surface area (Å²) in [4.78, 5) is 22.4. The Labute approximate surface area is 123 Å². The van der Waals surface area contributed by atoms with Crippen molar-refractivity contribution in [2.24, 2.45) is 0 Å². The first-order valence-corrected chi connectivity index (χ1v) is 6.63. The highest BCUT2D eigenvalue weighted by atomic mass is 16.6. The number of ether oxygens (including phenoxy) is 1. The first-order chi connectivity index (χ1) is 9.58. The minimum absolute atomic E-state index is 0.00140. The number of rotatable bonds is 4. The topological polar surface area (TPSA) is 95.9 Å². The fraction of sp³-hybridized carbons (Fsp3) is 0.467. The molecule has 0 aliphatic heterocycles. The molecule has 6 nitrogen and oxygen atoms in total. The van der Waals surface area contributed by atoms with Crippen molar-refractivity contribution >= 4 is 17.7 Å². The van der Waals surface area contributed by atoms with Gasteiger partial charge in [-0.1, -0.05) is 6.92 Å². The van der Waals surface area contributed by atoms with E-state index in [0.29, 0.717) is 11.3 Å². The van der Waals surface area contributed by atoms with E-state index in [-0.39, 0.29) is 18.1 Å². The lowest BCUT2D eigenvalue weighted by atomic mass is 9.96. The largest absolute Gasteiger partial charge is 0.508 e. The number of nitrogens with one attached hydrogen (secondary N) is 1. The van der Waals surface area contributed by atoms with Crippen molar-refractivity contribution in [1.29, 1.82) is 0 Å². The molecule has 0 aromatic heterocycles. The number of hydrogen-bond donors (Lipinski definition) is 3. The van der Waals surface area contributed by atoms with Gasteiger partial charge in [0.05, 0.1) is 6.42 Å². The van der Waals surface area contributed by atoms with Gasteiger partial charge < -0.3 is 14.9 Å². The fourth-order valence-corrected chi connectivity index (χ4v) is 1.82. The van der Waals surface area contributed by atoms with Crippen LogP contribution in [0.5, 0.6) is 5.75 Å². The van der Waals surface area contributed by atoms with Crippen LogP contribution in [0.15, 0.2) is 18.2 Å². The highest BCUT2D eigenvalue weighted by molar-refractivity contribution is 5.85. The Morgan fingerprint density at radius 1 is 1.33 bits per heavy atom. The molecule has 1 amide bonds. The summed E-state index contributed by atoms with van der Waals surface area (Å²) in [6, 6.07) is 4.49. The Kier molecular flexibility index (Phi) is 5.18. The Morgan fingerprint density at radius 2 is 1.95 bits per heavy atom. The van der Waals surface area contributed by atoms with Crippen LogP contribution in [0.2, 0.25) is 0 Å². The zero-order chi connectivity index (χ0) is 16.2. The number of carbonyl (C=O) groups is 2. The molecule has 116 valence electrons. The minimum Gasteiger partial charge on any atom is -0.508 e. The molecule has 0 aliphatic carbocycles. The van der Waals surface area contributed by atoms with Gasteiger partial charge in [0.1, 0.15) is 11.4 Å². The lowest BCUT2D eigenvalue weighted by Gasteiger charge is -2.20. The normalized spacial score (nSPS) is 12.6. The maximum absolute atomic E-state index is 11.7. The summed E-state index contributed by atoms with van der Waals surface area (Å²) in [7, 11) is 0. The molecule has 0 radical (unpaired) electrons. The van der Waals surface area contributed by atoms with Gasteiger partial charge in [-0.05, 0) is 50.5 Å². The molecule has 1 aromatic carbocycles. The number of benzene rings is 1. The number of carboxylic acid groups (broad SMARTS) is 1. The molecule has 0 saturated heterocycles. The summed E-state index contributed by atoms with van der Waals surface area (Å²) in [5, 5.41) is 21.2. The number of amides is 1. The van der Waals surface area contributed by atoms with E-state index in [1.54, 1.807) is 33.8 Å². The maximum Gasteiger partial charge on any atom is 0.412 e. The average Bonchev–Trinajstić information content (AvgIpc) is 2.28. The van der Waals surface area contributed by atoms with Crippen molar-refractivity contribution in [3.05, 3.63) is 23.8 Å². The Balaban J connectivity index is 2.86. The molecule has 0 spiro atoms. The number of carboxylic acids is 1. The van der Waals surface area contributed by atoms with Crippen LogP contribution in [-0.4, -0.2) is 27.9 Å². The van der Waals surface area contributed by atoms with Gasteiger partial charge in [0.2, 0.25) is 0 Å². The van der Waals surface area contributed by atoms with E-state index in [1.807, 2.05) is 0 Å². The number of phenolic OH excluding ortho intramolecular Hbond substituents is 1. The number of aromatic hydroxyl groups is 1. The SMILES string of the molecule is CC(CC(=O)O)c1cc(NC(=O)OC(C)(C)C)ccc1O. The predicted octanol–water partition coefficient (Wildman–Crippen LogP) is 3.32. The van der Waals surface area contributed by atoms with Crippen molar-refractivity contribution in [2.75, 3.05) is 5.32 Å². The molecule has 1 unspecified atom stereocenters. The molecule has 0 saturated carbocycles. The molecule has 6 heteroatoms. The van der Waals surface area contributed by atoms with E-state index in [4.69, 9.17) is 9.84 Å². The number of hydrogen-bond acceptors (Lipinski definition) is 4. The second-order valence-electron chi connectivity index (χ2n) is 5.90. The van der Waals surface area contributed by atoms with Crippen molar-refractivity contribution < 1.29 is 24.5 Å². The van der Waals surface area contributed by atoms with E-state index >= 15 is 0 Å². The highest BCUT2D eigenvalue weighted by Gasteiger charge is 2.18. The number of phenols is 1. The van der Waals surface area contributed by atoms with Crippen LogP contribution in [0.4, 0.5) is 10.5 Å². The third kappa shape index (κ3) is 5.72. The second-order valence-corrected chi connectivity index (χ2v) is 5.90. The van der Waals surface area contributed by atoms with Crippen LogP contribution < -0.4 is 5.32 Å². The van der Waals surface area contributed by atoms with Crippen molar-refractivity contribution in [2.45, 2.75) is 45.6 Å². The van der Waals surface area contributed by atoms with Crippen LogP contribution >= 0.6 is 0 Å². The Bertz CT molecular complexity index is 533. The molecule has 3 N–H and O–H groups in total. The smallest absolute Gasteiger partial charge is 0.412 e. The van der Waals surface area contributed by atoms with Gasteiger partial charge in [-0.15, -0.1) is 0 Å². The lowest BCUT2D eigenvalue weighted by Crippen LogP contribution is -2.27. The molecular weight excluding hydrogens is 274 g/mol. The molecule has 0 bridgehead atoms. The molecular formula is C15H21NO5. The average molecular weight is 295 g/mol. The number of aliphatic carboxylic acids is 1. The third-order valence-electron chi connectivity index (χ3n) is 2.68. The summed E-state index contributed by atoms with van der Waals surface area (Å²) >= 11 is 0. The van der Waals surface area contributed by atoms with E-state index in [1.165, 1.54) is 12.1 Å². The molecule has 0 heterocycles. The van der Waals surface area contributed by atoms with E-state index in [0.717, 1.165) is 0 Å². The zero-order valence-electron chi connectivity index (χ0n) is 12.6. The maximum atomic E-state index is 11.7. The number of carbonyl (C=O) groups excluding carboxylic acids is 1. The predicted molar refractivity (Wildman–Crippen MR) is 78.6 cm³/mol. The second kappa shape index (κ2) is 6.47. The monoisotopic (exact) mass is 295 g/mol. The summed E-state index contributed by atoms with van der Waals surface area (Å²) in [5.74, 6) is -1.33. The quantitative estimate of drug-likeness (QED) is 0.740. The molecule has 1 aromatic rings. The van der Waals surface area contributed by atoms with Crippen LogP contribution in [0.25, 0.3) is 0 Å². The van der Waals surface area contributed by atoms with Crippen LogP contribution in [0.3, 0.4) is 0 Å².